The second-order valence-corrected chi connectivity index (χ2v) is 4.11. The van der Waals surface area contributed by atoms with E-state index in [0.29, 0.717) is 11.9 Å². The van der Waals surface area contributed by atoms with Crippen molar-refractivity contribution in [2.24, 2.45) is 0 Å². The van der Waals surface area contributed by atoms with Crippen molar-refractivity contribution in [2.75, 3.05) is 0 Å². The fourth-order valence-electron chi connectivity index (χ4n) is 1.36. The van der Waals surface area contributed by atoms with Gasteiger partial charge in [0.1, 0.15) is 0 Å². The smallest absolute Gasteiger partial charge is 0.423 e. The van der Waals surface area contributed by atoms with Gasteiger partial charge in [-0.25, -0.2) is 0 Å². The topological polar surface area (TPSA) is 60.7 Å². The lowest BCUT2D eigenvalue weighted by Gasteiger charge is -2.17. The summed E-state index contributed by atoms with van der Waals surface area (Å²) in [4.78, 5) is 0. The summed E-state index contributed by atoms with van der Waals surface area (Å²) in [6.45, 7) is 3.43. The van der Waals surface area contributed by atoms with E-state index in [1.165, 1.54) is 0 Å². The van der Waals surface area contributed by atoms with E-state index in [4.69, 9.17) is 10.0 Å². The van der Waals surface area contributed by atoms with E-state index in [0.717, 1.165) is 5.56 Å². The number of hydrogen-bond acceptors (Lipinski definition) is 3. The van der Waals surface area contributed by atoms with Crippen molar-refractivity contribution in [2.45, 2.75) is 25.9 Å². The Bertz CT molecular complexity index is 304. The van der Waals surface area contributed by atoms with Crippen molar-refractivity contribution in [1.82, 2.24) is 0 Å². The molecule has 14 heavy (non-hydrogen) atoms. The third-order valence-electron chi connectivity index (χ3n) is 1.89. The number of aliphatic hydroxyl groups is 1. The monoisotopic (exact) mass is 194 g/mol. The summed E-state index contributed by atoms with van der Waals surface area (Å²) < 4.78 is 0. The normalized spacial score (nSPS) is 11.5. The van der Waals surface area contributed by atoms with Gasteiger partial charge in [0, 0.05) is 6.42 Å². The lowest BCUT2D eigenvalue weighted by molar-refractivity contribution is 0.0810. The average Bonchev–Trinajstić information content (AvgIpc) is 2.01. The summed E-state index contributed by atoms with van der Waals surface area (Å²) >= 11 is 0. The molecule has 0 aliphatic rings. The van der Waals surface area contributed by atoms with Crippen LogP contribution in [0.2, 0.25) is 0 Å². The van der Waals surface area contributed by atoms with Crippen molar-refractivity contribution in [3.8, 4) is 0 Å². The minimum absolute atomic E-state index is 0.451. The molecule has 0 bridgehead atoms. The molecule has 0 unspecified atom stereocenters. The first kappa shape index (κ1) is 11.2. The van der Waals surface area contributed by atoms with E-state index in [2.05, 4.69) is 0 Å². The molecule has 4 heteroatoms. The highest BCUT2D eigenvalue weighted by Crippen LogP contribution is 2.10. The summed E-state index contributed by atoms with van der Waals surface area (Å²) in [5.41, 5.74) is 0.564. The van der Waals surface area contributed by atoms with Crippen LogP contribution in [0.15, 0.2) is 24.3 Å². The molecule has 0 radical (unpaired) electrons. The van der Waals surface area contributed by atoms with E-state index in [1.54, 1.807) is 32.0 Å². The highest BCUT2D eigenvalue weighted by molar-refractivity contribution is 6.58. The first-order valence-corrected chi connectivity index (χ1v) is 4.56. The number of hydrogen-bond donors (Lipinski definition) is 3. The molecule has 0 saturated heterocycles. The Morgan fingerprint density at radius 1 is 1.29 bits per heavy atom. The zero-order chi connectivity index (χ0) is 10.8. The number of benzene rings is 1. The first-order chi connectivity index (χ1) is 6.38. The molecule has 1 aromatic carbocycles. The second kappa shape index (κ2) is 4.13. The summed E-state index contributed by atoms with van der Waals surface area (Å²) in [7, 11) is -1.45. The van der Waals surface area contributed by atoms with Crippen LogP contribution in [0.1, 0.15) is 19.4 Å². The van der Waals surface area contributed by atoms with Gasteiger partial charge in [0.2, 0.25) is 0 Å². The molecule has 0 spiro atoms. The van der Waals surface area contributed by atoms with Crippen LogP contribution in [0.3, 0.4) is 0 Å². The van der Waals surface area contributed by atoms with E-state index in [-0.39, 0.29) is 0 Å². The van der Waals surface area contributed by atoms with Crippen LogP contribution in [0.5, 0.6) is 0 Å². The maximum atomic E-state index is 9.58. The van der Waals surface area contributed by atoms with Crippen LogP contribution < -0.4 is 5.46 Å². The Labute approximate surface area is 84.2 Å². The molecular weight excluding hydrogens is 179 g/mol. The predicted octanol–water partition coefficient (Wildman–Crippen LogP) is -0.320. The quantitative estimate of drug-likeness (QED) is 0.578. The zero-order valence-electron chi connectivity index (χ0n) is 8.44. The molecule has 0 aliphatic carbocycles. The molecular formula is C10H15BO3. The molecule has 0 heterocycles. The maximum absolute atomic E-state index is 9.58. The van der Waals surface area contributed by atoms with Crippen molar-refractivity contribution < 1.29 is 15.2 Å². The Hall–Kier alpha value is -0.835. The molecule has 76 valence electrons. The third-order valence-corrected chi connectivity index (χ3v) is 1.89. The Kier molecular flexibility index (Phi) is 3.31. The minimum Gasteiger partial charge on any atom is -0.423 e. The summed E-state index contributed by atoms with van der Waals surface area (Å²) in [5, 5.41) is 27.5. The Morgan fingerprint density at radius 2 is 1.93 bits per heavy atom. The lowest BCUT2D eigenvalue weighted by Crippen LogP contribution is -2.31. The Balaban J connectivity index is 2.84. The fourth-order valence-corrected chi connectivity index (χ4v) is 1.36. The lowest BCUT2D eigenvalue weighted by atomic mass is 9.79. The van der Waals surface area contributed by atoms with E-state index < -0.39 is 12.7 Å². The minimum atomic E-state index is -1.45. The summed E-state index contributed by atoms with van der Waals surface area (Å²) in [6, 6.07) is 6.92. The van der Waals surface area contributed by atoms with Crippen LogP contribution in [0.4, 0.5) is 0 Å². The van der Waals surface area contributed by atoms with Gasteiger partial charge in [-0.1, -0.05) is 24.3 Å². The zero-order valence-corrected chi connectivity index (χ0v) is 8.44. The first-order valence-electron chi connectivity index (χ1n) is 4.56. The molecule has 3 N–H and O–H groups in total. The van der Waals surface area contributed by atoms with Crippen LogP contribution in [0.25, 0.3) is 0 Å². The van der Waals surface area contributed by atoms with Gasteiger partial charge in [-0.15, -0.1) is 0 Å². The van der Waals surface area contributed by atoms with Gasteiger partial charge in [-0.3, -0.25) is 0 Å². The standard InChI is InChI=1S/C10H15BO3/c1-10(2,12)7-8-4-3-5-9(6-8)11(13)14/h3-6,12-14H,7H2,1-2H3. The van der Waals surface area contributed by atoms with Gasteiger partial charge in [0.15, 0.2) is 0 Å². The largest absolute Gasteiger partial charge is 0.488 e. The van der Waals surface area contributed by atoms with Gasteiger partial charge >= 0.3 is 7.12 Å². The third kappa shape index (κ3) is 3.50. The predicted molar refractivity (Wildman–Crippen MR) is 56.3 cm³/mol. The van der Waals surface area contributed by atoms with E-state index >= 15 is 0 Å². The molecule has 0 aromatic heterocycles. The molecule has 1 aromatic rings. The van der Waals surface area contributed by atoms with Crippen LogP contribution >= 0.6 is 0 Å². The molecule has 0 saturated carbocycles. The van der Waals surface area contributed by atoms with Crippen molar-refractivity contribution in [3.63, 3.8) is 0 Å². The van der Waals surface area contributed by atoms with Crippen LogP contribution in [-0.2, 0) is 6.42 Å². The number of rotatable bonds is 3. The van der Waals surface area contributed by atoms with Crippen LogP contribution in [0, 0.1) is 0 Å². The molecule has 0 amide bonds. The Morgan fingerprint density at radius 3 is 2.43 bits per heavy atom. The average molecular weight is 194 g/mol. The van der Waals surface area contributed by atoms with Gasteiger partial charge in [0.05, 0.1) is 5.60 Å². The molecule has 0 aliphatic heterocycles. The summed E-state index contributed by atoms with van der Waals surface area (Å²) in [6.07, 6.45) is 0.494. The maximum Gasteiger partial charge on any atom is 0.488 e. The van der Waals surface area contributed by atoms with E-state index in [9.17, 15) is 5.11 Å². The molecule has 1 rings (SSSR count). The highest BCUT2D eigenvalue weighted by atomic mass is 16.4. The van der Waals surface area contributed by atoms with E-state index in [1.807, 2.05) is 6.07 Å². The molecule has 0 atom stereocenters. The fraction of sp³-hybridized carbons (Fsp3) is 0.400. The van der Waals surface area contributed by atoms with Gasteiger partial charge in [-0.2, -0.15) is 0 Å². The second-order valence-electron chi connectivity index (χ2n) is 4.11. The van der Waals surface area contributed by atoms with Crippen molar-refractivity contribution in [1.29, 1.82) is 0 Å². The summed E-state index contributed by atoms with van der Waals surface area (Å²) in [5.74, 6) is 0. The van der Waals surface area contributed by atoms with Gasteiger partial charge < -0.3 is 15.2 Å². The van der Waals surface area contributed by atoms with Gasteiger partial charge in [0.25, 0.3) is 0 Å². The van der Waals surface area contributed by atoms with Crippen molar-refractivity contribution in [3.05, 3.63) is 29.8 Å². The van der Waals surface area contributed by atoms with Crippen molar-refractivity contribution >= 4 is 12.6 Å². The van der Waals surface area contributed by atoms with Gasteiger partial charge in [-0.05, 0) is 24.9 Å². The highest BCUT2D eigenvalue weighted by Gasteiger charge is 2.15. The molecule has 0 fully saturated rings. The SMILES string of the molecule is CC(C)(O)Cc1cccc(B(O)O)c1. The molecule has 3 nitrogen and oxygen atoms in total. The van der Waals surface area contributed by atoms with Crippen LogP contribution in [-0.4, -0.2) is 27.9 Å².